The first kappa shape index (κ1) is 23.0. The van der Waals surface area contributed by atoms with Gasteiger partial charge in [-0.3, -0.25) is 4.99 Å². The Morgan fingerprint density at radius 1 is 1.27 bits per heavy atom. The van der Waals surface area contributed by atoms with Crippen molar-refractivity contribution in [3.8, 4) is 0 Å². The lowest BCUT2D eigenvalue weighted by atomic mass is 9.96. The summed E-state index contributed by atoms with van der Waals surface area (Å²) in [6.07, 6.45) is 1.74. The van der Waals surface area contributed by atoms with Crippen LogP contribution in [0.4, 0.5) is 4.39 Å². The summed E-state index contributed by atoms with van der Waals surface area (Å²) in [7, 11) is -3.37. The van der Waals surface area contributed by atoms with Gasteiger partial charge in [0.25, 0.3) is 0 Å². The van der Waals surface area contributed by atoms with E-state index >= 15 is 0 Å². The van der Waals surface area contributed by atoms with E-state index in [1.165, 1.54) is 10.4 Å². The van der Waals surface area contributed by atoms with E-state index < -0.39 is 10.0 Å². The third-order valence-electron chi connectivity index (χ3n) is 5.61. The first-order chi connectivity index (χ1) is 14.2. The van der Waals surface area contributed by atoms with Gasteiger partial charge in [-0.25, -0.2) is 12.8 Å². The Morgan fingerprint density at radius 3 is 2.57 bits per heavy atom. The molecule has 9 heteroatoms. The van der Waals surface area contributed by atoms with Gasteiger partial charge in [0.05, 0.1) is 24.5 Å². The van der Waals surface area contributed by atoms with E-state index in [0.717, 1.165) is 18.4 Å². The highest BCUT2D eigenvalue weighted by Crippen LogP contribution is 2.48. The zero-order valence-electron chi connectivity index (χ0n) is 18.0. The molecule has 0 amide bonds. The molecule has 1 aromatic rings. The topological polar surface area (TPSA) is 83.0 Å². The van der Waals surface area contributed by atoms with Gasteiger partial charge in [-0.05, 0) is 51.3 Å². The maximum Gasteiger partial charge on any atom is 0.216 e. The highest BCUT2D eigenvalue weighted by Gasteiger charge is 2.44. The molecule has 7 nitrogen and oxygen atoms in total. The molecule has 168 valence electrons. The molecule has 1 aliphatic carbocycles. The molecule has 1 aliphatic heterocycles. The molecule has 0 bridgehead atoms. The minimum atomic E-state index is -3.37. The zero-order chi connectivity index (χ0) is 21.8. The van der Waals surface area contributed by atoms with Crippen LogP contribution in [0.3, 0.4) is 0 Å². The molecular formula is C21H33FN4O3S. The summed E-state index contributed by atoms with van der Waals surface area (Å²) in [5, 5.41) is 6.29. The maximum absolute atomic E-state index is 13.6. The number of rotatable bonds is 8. The summed E-state index contributed by atoms with van der Waals surface area (Å²) in [6, 6.07) is 6.71. The third kappa shape index (κ3) is 5.92. The summed E-state index contributed by atoms with van der Waals surface area (Å²) in [5.74, 6) is 0.343. The number of morpholine rings is 1. The molecule has 2 aliphatic rings. The van der Waals surface area contributed by atoms with Gasteiger partial charge in [0.15, 0.2) is 5.96 Å². The number of halogens is 1. The second kappa shape index (κ2) is 9.62. The van der Waals surface area contributed by atoms with E-state index in [9.17, 15) is 12.8 Å². The molecule has 1 saturated heterocycles. The average Bonchev–Trinajstić information content (AvgIpc) is 3.46. The van der Waals surface area contributed by atoms with Crippen LogP contribution in [0.15, 0.2) is 29.3 Å². The fourth-order valence-electron chi connectivity index (χ4n) is 3.86. The maximum atomic E-state index is 13.6. The Balaban J connectivity index is 1.57. The van der Waals surface area contributed by atoms with Crippen molar-refractivity contribution in [2.24, 2.45) is 4.99 Å². The van der Waals surface area contributed by atoms with Crippen LogP contribution >= 0.6 is 0 Å². The number of aliphatic imine (C=N–C) groups is 1. The van der Waals surface area contributed by atoms with Gasteiger partial charge in [-0.15, -0.1) is 0 Å². The van der Waals surface area contributed by atoms with Crippen molar-refractivity contribution in [1.82, 2.24) is 14.9 Å². The number of benzene rings is 1. The molecule has 2 fully saturated rings. The Labute approximate surface area is 179 Å². The minimum Gasteiger partial charge on any atom is -0.373 e. The molecule has 3 rings (SSSR count). The fraction of sp³-hybridized carbons (Fsp3) is 0.667. The molecule has 0 aromatic heterocycles. The van der Waals surface area contributed by atoms with Gasteiger partial charge in [0, 0.05) is 31.6 Å². The van der Waals surface area contributed by atoms with Gasteiger partial charge in [0.1, 0.15) is 5.82 Å². The number of hydrogen-bond acceptors (Lipinski definition) is 4. The molecule has 2 atom stereocenters. The number of ether oxygens (including phenoxy) is 1. The van der Waals surface area contributed by atoms with Crippen LogP contribution in [0.1, 0.15) is 39.2 Å². The summed E-state index contributed by atoms with van der Waals surface area (Å²) in [5.41, 5.74) is 0.858. The van der Waals surface area contributed by atoms with Crippen molar-refractivity contribution < 1.29 is 17.5 Å². The molecule has 1 aromatic carbocycles. The molecule has 0 radical (unpaired) electrons. The quantitative estimate of drug-likeness (QED) is 0.476. The van der Waals surface area contributed by atoms with E-state index in [1.807, 2.05) is 26.8 Å². The van der Waals surface area contributed by atoms with Crippen LogP contribution in [0.25, 0.3) is 0 Å². The first-order valence-corrected chi connectivity index (χ1v) is 12.3. The standard InChI is InChI=1S/C21H33FN4O3S/c1-4-23-20(25-15-21(8-9-21)18-6-5-7-19(22)12-18)24-10-11-30(27,28)26-13-16(2)29-17(3)14-26/h5-7,12,16-17H,4,8-11,13-15H2,1-3H3,(H2,23,24,25). The van der Waals surface area contributed by atoms with Crippen molar-refractivity contribution in [1.29, 1.82) is 0 Å². The normalized spacial score (nSPS) is 24.5. The van der Waals surface area contributed by atoms with Crippen LogP contribution in [0.2, 0.25) is 0 Å². The number of guanidine groups is 1. The van der Waals surface area contributed by atoms with Crippen molar-refractivity contribution in [2.45, 2.75) is 51.2 Å². The second-order valence-corrected chi connectivity index (χ2v) is 10.4. The van der Waals surface area contributed by atoms with Crippen LogP contribution in [0.5, 0.6) is 0 Å². The number of nitrogens with one attached hydrogen (secondary N) is 2. The summed E-state index contributed by atoms with van der Waals surface area (Å²) in [4.78, 5) is 4.65. The highest BCUT2D eigenvalue weighted by molar-refractivity contribution is 7.89. The van der Waals surface area contributed by atoms with Gasteiger partial charge in [-0.1, -0.05) is 12.1 Å². The second-order valence-electron chi connectivity index (χ2n) is 8.30. The molecule has 0 spiro atoms. The van der Waals surface area contributed by atoms with Gasteiger partial charge >= 0.3 is 0 Å². The average molecular weight is 441 g/mol. The molecule has 2 unspecified atom stereocenters. The van der Waals surface area contributed by atoms with Crippen molar-refractivity contribution in [3.05, 3.63) is 35.6 Å². The van der Waals surface area contributed by atoms with Crippen LogP contribution in [-0.4, -0.2) is 69.4 Å². The lowest BCUT2D eigenvalue weighted by Crippen LogP contribution is -2.50. The van der Waals surface area contributed by atoms with E-state index in [1.54, 1.807) is 12.1 Å². The Kier molecular flexibility index (Phi) is 7.36. The summed E-state index contributed by atoms with van der Waals surface area (Å²) >= 11 is 0. The van der Waals surface area contributed by atoms with Gasteiger partial charge < -0.3 is 15.4 Å². The van der Waals surface area contributed by atoms with Gasteiger partial charge in [-0.2, -0.15) is 4.31 Å². The molecular weight excluding hydrogens is 407 g/mol. The van der Waals surface area contributed by atoms with Gasteiger partial charge in [0.2, 0.25) is 10.0 Å². The fourth-order valence-corrected chi connectivity index (χ4v) is 5.36. The SMILES string of the molecule is CCNC(=NCC1(c2cccc(F)c2)CC1)NCCS(=O)(=O)N1CC(C)OC(C)C1. The lowest BCUT2D eigenvalue weighted by molar-refractivity contribution is -0.0440. The largest absolute Gasteiger partial charge is 0.373 e. The third-order valence-corrected chi connectivity index (χ3v) is 7.41. The van der Waals surface area contributed by atoms with E-state index in [-0.39, 0.29) is 35.7 Å². The Hall–Kier alpha value is -1.71. The van der Waals surface area contributed by atoms with E-state index in [0.29, 0.717) is 32.1 Å². The lowest BCUT2D eigenvalue weighted by Gasteiger charge is -2.34. The van der Waals surface area contributed by atoms with Crippen LogP contribution in [-0.2, 0) is 20.2 Å². The number of hydrogen-bond donors (Lipinski definition) is 2. The number of nitrogens with zero attached hydrogens (tertiary/aromatic N) is 2. The molecule has 1 heterocycles. The molecule has 1 saturated carbocycles. The summed E-state index contributed by atoms with van der Waals surface area (Å²) in [6.45, 7) is 7.98. The molecule has 30 heavy (non-hydrogen) atoms. The van der Waals surface area contributed by atoms with Crippen molar-refractivity contribution in [3.63, 3.8) is 0 Å². The van der Waals surface area contributed by atoms with Crippen molar-refractivity contribution >= 4 is 16.0 Å². The predicted molar refractivity (Wildman–Crippen MR) is 117 cm³/mol. The van der Waals surface area contributed by atoms with Crippen molar-refractivity contribution in [2.75, 3.05) is 38.5 Å². The highest BCUT2D eigenvalue weighted by atomic mass is 32.2. The minimum absolute atomic E-state index is 0.00804. The molecule has 2 N–H and O–H groups in total. The summed E-state index contributed by atoms with van der Waals surface area (Å²) < 4.78 is 46.1. The van der Waals surface area contributed by atoms with Crippen LogP contribution < -0.4 is 10.6 Å². The predicted octanol–water partition coefficient (Wildman–Crippen LogP) is 1.85. The van der Waals surface area contributed by atoms with Crippen LogP contribution in [0, 0.1) is 5.82 Å². The Morgan fingerprint density at radius 2 is 1.97 bits per heavy atom. The monoisotopic (exact) mass is 440 g/mol. The number of sulfonamides is 1. The van der Waals surface area contributed by atoms with E-state index in [2.05, 4.69) is 15.6 Å². The Bertz CT molecular complexity index is 848. The first-order valence-electron chi connectivity index (χ1n) is 10.7. The smallest absolute Gasteiger partial charge is 0.216 e. The zero-order valence-corrected chi connectivity index (χ0v) is 18.8. The van der Waals surface area contributed by atoms with E-state index in [4.69, 9.17) is 4.74 Å².